The van der Waals surface area contributed by atoms with Gasteiger partial charge in [-0.25, -0.2) is 4.79 Å². The quantitative estimate of drug-likeness (QED) is 0.341. The van der Waals surface area contributed by atoms with Gasteiger partial charge in [0.1, 0.15) is 12.1 Å². The number of nitrogens with zero attached hydrogens (tertiary/aromatic N) is 2. The van der Waals surface area contributed by atoms with Gasteiger partial charge in [-0.3, -0.25) is 29.4 Å². The molecule has 0 spiro atoms. The van der Waals surface area contributed by atoms with Crippen molar-refractivity contribution in [2.75, 3.05) is 19.0 Å². The topological polar surface area (TPSA) is 136 Å². The Labute approximate surface area is 168 Å². The fraction of sp³-hybridized carbons (Fsp3) is 0.111. The van der Waals surface area contributed by atoms with Crippen LogP contribution in [0.4, 0.5) is 11.4 Å². The molecule has 11 heteroatoms. The Hall–Kier alpha value is -3.79. The third-order valence-electron chi connectivity index (χ3n) is 4.14. The number of imide groups is 1. The number of nitro groups is 1. The van der Waals surface area contributed by atoms with Crippen molar-refractivity contribution >= 4 is 46.7 Å². The van der Waals surface area contributed by atoms with E-state index in [9.17, 15) is 29.3 Å². The first-order chi connectivity index (χ1) is 13.7. The molecule has 1 heterocycles. The summed E-state index contributed by atoms with van der Waals surface area (Å²) in [4.78, 5) is 59.9. The van der Waals surface area contributed by atoms with Crippen molar-refractivity contribution in [2.24, 2.45) is 0 Å². The molecule has 0 saturated heterocycles. The number of carbonyl (C=O) groups excluding carboxylic acids is 4. The number of anilines is 1. The molecule has 0 aliphatic carbocycles. The highest BCUT2D eigenvalue weighted by atomic mass is 35.5. The number of halogens is 1. The molecule has 0 unspecified atom stereocenters. The molecule has 3 rings (SSSR count). The molecule has 0 bridgehead atoms. The Bertz CT molecular complexity index is 1080. The fourth-order valence-corrected chi connectivity index (χ4v) is 2.98. The van der Waals surface area contributed by atoms with Crippen molar-refractivity contribution in [2.45, 2.75) is 0 Å². The number of ether oxygens (including phenoxy) is 1. The van der Waals surface area contributed by atoms with Crippen LogP contribution in [0.3, 0.4) is 0 Å². The fourth-order valence-electron chi connectivity index (χ4n) is 2.81. The van der Waals surface area contributed by atoms with Gasteiger partial charge in [-0.2, -0.15) is 0 Å². The van der Waals surface area contributed by atoms with E-state index in [4.69, 9.17) is 11.6 Å². The van der Waals surface area contributed by atoms with E-state index < -0.39 is 40.8 Å². The summed E-state index contributed by atoms with van der Waals surface area (Å²) in [5.41, 5.74) is -0.827. The zero-order chi connectivity index (χ0) is 21.3. The summed E-state index contributed by atoms with van der Waals surface area (Å²) in [5, 5.41) is 13.6. The Kier molecular flexibility index (Phi) is 5.29. The lowest BCUT2D eigenvalue weighted by Crippen LogP contribution is -2.37. The monoisotopic (exact) mass is 417 g/mol. The Morgan fingerprint density at radius 1 is 1.21 bits per heavy atom. The van der Waals surface area contributed by atoms with Crippen molar-refractivity contribution in [3.63, 3.8) is 0 Å². The number of amides is 3. The molecular formula is C18H12ClN3O7. The minimum atomic E-state index is -0.943. The van der Waals surface area contributed by atoms with E-state index in [0.29, 0.717) is 4.90 Å². The Morgan fingerprint density at radius 3 is 2.59 bits per heavy atom. The number of nitrogens with one attached hydrogen (secondary N) is 1. The lowest BCUT2D eigenvalue weighted by Gasteiger charge is -2.14. The Balaban J connectivity index is 1.81. The van der Waals surface area contributed by atoms with Crippen LogP contribution in [-0.2, 0) is 9.53 Å². The highest BCUT2D eigenvalue weighted by Gasteiger charge is 2.41. The molecule has 148 valence electrons. The van der Waals surface area contributed by atoms with Crippen LogP contribution in [0.1, 0.15) is 31.1 Å². The molecule has 0 fully saturated rings. The van der Waals surface area contributed by atoms with E-state index in [1.807, 2.05) is 0 Å². The van der Waals surface area contributed by atoms with Crippen molar-refractivity contribution in [1.82, 2.24) is 4.90 Å². The van der Waals surface area contributed by atoms with Crippen molar-refractivity contribution < 1.29 is 28.8 Å². The van der Waals surface area contributed by atoms with Crippen LogP contribution in [-0.4, -0.2) is 47.2 Å². The second-order valence-electron chi connectivity index (χ2n) is 5.89. The molecule has 29 heavy (non-hydrogen) atoms. The second-order valence-corrected chi connectivity index (χ2v) is 6.29. The minimum absolute atomic E-state index is 0.0714. The summed E-state index contributed by atoms with van der Waals surface area (Å²) in [6, 6.07) is 7.70. The van der Waals surface area contributed by atoms with Crippen LogP contribution in [0.2, 0.25) is 5.02 Å². The van der Waals surface area contributed by atoms with Crippen LogP contribution in [0.5, 0.6) is 0 Å². The number of benzene rings is 2. The van der Waals surface area contributed by atoms with Crippen LogP contribution >= 0.6 is 11.6 Å². The molecule has 10 nitrogen and oxygen atoms in total. The van der Waals surface area contributed by atoms with Gasteiger partial charge in [0.05, 0.1) is 33.9 Å². The molecule has 1 aliphatic heterocycles. The van der Waals surface area contributed by atoms with Gasteiger partial charge in [-0.1, -0.05) is 17.7 Å². The van der Waals surface area contributed by atoms with Gasteiger partial charge in [0.25, 0.3) is 17.5 Å². The van der Waals surface area contributed by atoms with E-state index in [1.54, 1.807) is 0 Å². The standard InChI is InChI=1S/C18H12ClN3O7/c1-29-18(26)9-5-6-11(19)12(7-9)20-14(23)8-21-16(24)10-3-2-4-13(22(27)28)15(10)17(21)25/h2-7H,8H2,1H3,(H,20,23). The van der Waals surface area contributed by atoms with Gasteiger partial charge in [-0.05, 0) is 24.3 Å². The number of hydrogen-bond donors (Lipinski definition) is 1. The molecule has 1 N–H and O–H groups in total. The number of fused-ring (bicyclic) bond motifs is 1. The first-order valence-electron chi connectivity index (χ1n) is 8.06. The zero-order valence-electron chi connectivity index (χ0n) is 14.8. The van der Waals surface area contributed by atoms with Gasteiger partial charge in [-0.15, -0.1) is 0 Å². The van der Waals surface area contributed by atoms with E-state index in [1.165, 1.54) is 37.4 Å². The van der Waals surface area contributed by atoms with Gasteiger partial charge in [0, 0.05) is 6.07 Å². The van der Waals surface area contributed by atoms with E-state index in [-0.39, 0.29) is 27.4 Å². The van der Waals surface area contributed by atoms with E-state index >= 15 is 0 Å². The molecule has 1 aliphatic rings. The maximum absolute atomic E-state index is 12.5. The first-order valence-corrected chi connectivity index (χ1v) is 8.43. The first kappa shape index (κ1) is 20.0. The highest BCUT2D eigenvalue weighted by Crippen LogP contribution is 2.31. The van der Waals surface area contributed by atoms with Gasteiger partial charge in [0.2, 0.25) is 5.91 Å². The number of hydrogen-bond acceptors (Lipinski definition) is 7. The van der Waals surface area contributed by atoms with E-state index in [2.05, 4.69) is 10.1 Å². The summed E-state index contributed by atoms with van der Waals surface area (Å²) in [6.07, 6.45) is 0. The number of carbonyl (C=O) groups is 4. The van der Waals surface area contributed by atoms with Gasteiger partial charge in [0.15, 0.2) is 0 Å². The largest absolute Gasteiger partial charge is 0.465 e. The van der Waals surface area contributed by atoms with Crippen LogP contribution < -0.4 is 5.32 Å². The SMILES string of the molecule is COC(=O)c1ccc(Cl)c(NC(=O)CN2C(=O)c3cccc([N+](=O)[O-])c3C2=O)c1. The highest BCUT2D eigenvalue weighted by molar-refractivity contribution is 6.34. The third-order valence-corrected chi connectivity index (χ3v) is 4.47. The van der Waals surface area contributed by atoms with E-state index in [0.717, 1.165) is 6.07 Å². The molecule has 3 amide bonds. The summed E-state index contributed by atoms with van der Waals surface area (Å²) in [5.74, 6) is -3.20. The second kappa shape index (κ2) is 7.68. The average molecular weight is 418 g/mol. The average Bonchev–Trinajstić information content (AvgIpc) is 2.93. The Morgan fingerprint density at radius 2 is 1.93 bits per heavy atom. The van der Waals surface area contributed by atoms with Crippen LogP contribution in [0, 0.1) is 10.1 Å². The van der Waals surface area contributed by atoms with Gasteiger partial charge >= 0.3 is 5.97 Å². The predicted molar refractivity (Wildman–Crippen MR) is 99.9 cm³/mol. The number of nitro benzene ring substituents is 1. The minimum Gasteiger partial charge on any atom is -0.465 e. The molecule has 0 atom stereocenters. The number of rotatable bonds is 5. The normalized spacial score (nSPS) is 12.6. The summed E-state index contributed by atoms with van der Waals surface area (Å²) >= 11 is 6.00. The molecule has 0 radical (unpaired) electrons. The van der Waals surface area contributed by atoms with Crippen molar-refractivity contribution in [3.05, 3.63) is 68.2 Å². The number of methoxy groups -OCH3 is 1. The van der Waals surface area contributed by atoms with Crippen LogP contribution in [0.15, 0.2) is 36.4 Å². The summed E-state index contributed by atoms with van der Waals surface area (Å²) < 4.78 is 4.59. The van der Waals surface area contributed by atoms with Crippen molar-refractivity contribution in [1.29, 1.82) is 0 Å². The third kappa shape index (κ3) is 3.65. The lowest BCUT2D eigenvalue weighted by atomic mass is 10.1. The molecule has 2 aromatic carbocycles. The van der Waals surface area contributed by atoms with Crippen LogP contribution in [0.25, 0.3) is 0 Å². The molecular weight excluding hydrogens is 406 g/mol. The molecule has 0 aromatic heterocycles. The lowest BCUT2D eigenvalue weighted by molar-refractivity contribution is -0.385. The molecule has 2 aromatic rings. The molecule has 0 saturated carbocycles. The smallest absolute Gasteiger partial charge is 0.337 e. The maximum Gasteiger partial charge on any atom is 0.337 e. The maximum atomic E-state index is 12.5. The summed E-state index contributed by atoms with van der Waals surface area (Å²) in [6.45, 7) is -0.692. The zero-order valence-corrected chi connectivity index (χ0v) is 15.6. The van der Waals surface area contributed by atoms with Gasteiger partial charge < -0.3 is 10.1 Å². The van der Waals surface area contributed by atoms with Crippen molar-refractivity contribution in [3.8, 4) is 0 Å². The number of esters is 1. The predicted octanol–water partition coefficient (Wildman–Crippen LogP) is 2.27. The summed E-state index contributed by atoms with van der Waals surface area (Å²) in [7, 11) is 1.19.